The number of piperidine rings is 1. The minimum Gasteiger partial charge on any atom is -0.382 e. The van der Waals surface area contributed by atoms with Gasteiger partial charge in [0.2, 0.25) is 5.91 Å². The molecule has 2 fully saturated rings. The van der Waals surface area contributed by atoms with Crippen LogP contribution in [0.25, 0.3) is 10.9 Å². The van der Waals surface area contributed by atoms with Crippen LogP contribution in [0.1, 0.15) is 19.3 Å². The lowest BCUT2D eigenvalue weighted by Crippen LogP contribution is -2.46. The average molecular weight is 399 g/mol. The molecule has 2 atom stereocenters. The molecule has 0 spiro atoms. The molecule has 0 saturated carbocycles. The normalized spacial score (nSPS) is 23.3. The van der Waals surface area contributed by atoms with Crippen molar-refractivity contribution in [3.05, 3.63) is 36.3 Å². The van der Waals surface area contributed by atoms with Crippen LogP contribution in [-0.2, 0) is 4.79 Å². The first-order chi connectivity index (χ1) is 14.0. The number of alkyl halides is 1. The maximum Gasteiger partial charge on any atom is 0.237 e. The van der Waals surface area contributed by atoms with E-state index >= 15 is 0 Å². The van der Waals surface area contributed by atoms with Gasteiger partial charge >= 0.3 is 0 Å². The van der Waals surface area contributed by atoms with E-state index in [4.69, 9.17) is 5.26 Å². The molecule has 2 aromatic rings. The van der Waals surface area contributed by atoms with Crippen molar-refractivity contribution in [3.63, 3.8) is 0 Å². The molecule has 0 bridgehead atoms. The van der Waals surface area contributed by atoms with Crippen LogP contribution in [-0.4, -0.2) is 65.1 Å². The third-order valence-corrected chi connectivity index (χ3v) is 5.73. The molecule has 1 amide bonds. The van der Waals surface area contributed by atoms with Crippen molar-refractivity contribution in [3.8, 4) is 6.07 Å². The molecular formula is C21H23F2N5O. The molecule has 2 aliphatic heterocycles. The number of pyridine rings is 1. The summed E-state index contributed by atoms with van der Waals surface area (Å²) in [6.07, 6.45) is 2.36. The number of fused-ring (bicyclic) bond motifs is 1. The molecule has 8 heteroatoms. The Labute approximate surface area is 168 Å². The second kappa shape index (κ2) is 8.29. The third kappa shape index (κ3) is 4.30. The molecule has 1 N–H and O–H groups in total. The summed E-state index contributed by atoms with van der Waals surface area (Å²) in [6, 6.07) is 7.97. The van der Waals surface area contributed by atoms with Crippen molar-refractivity contribution in [1.82, 2.24) is 14.8 Å². The number of carbonyl (C=O) groups is 1. The Balaban J connectivity index is 1.33. The highest BCUT2D eigenvalue weighted by Gasteiger charge is 2.36. The second-order valence-corrected chi connectivity index (χ2v) is 7.74. The van der Waals surface area contributed by atoms with Gasteiger partial charge in [0.15, 0.2) is 0 Å². The fraction of sp³-hybridized carbons (Fsp3) is 0.476. The van der Waals surface area contributed by atoms with Crippen LogP contribution < -0.4 is 5.32 Å². The molecule has 152 valence electrons. The fourth-order valence-electron chi connectivity index (χ4n) is 4.16. The summed E-state index contributed by atoms with van der Waals surface area (Å²) in [5.74, 6) is -0.478. The minimum atomic E-state index is -1.11. The maximum absolute atomic E-state index is 13.6. The number of hydrogen-bond donors (Lipinski definition) is 1. The molecule has 3 heterocycles. The molecule has 6 nitrogen and oxygen atoms in total. The smallest absolute Gasteiger partial charge is 0.237 e. The number of carbonyl (C=O) groups excluding carboxylic acids is 1. The molecule has 0 radical (unpaired) electrons. The Bertz CT molecular complexity index is 938. The van der Waals surface area contributed by atoms with Crippen molar-refractivity contribution in [1.29, 1.82) is 5.26 Å². The molecule has 0 aliphatic carbocycles. The Morgan fingerprint density at radius 2 is 2.10 bits per heavy atom. The van der Waals surface area contributed by atoms with Gasteiger partial charge < -0.3 is 10.2 Å². The number of nitriles is 1. The third-order valence-electron chi connectivity index (χ3n) is 5.73. The second-order valence-electron chi connectivity index (χ2n) is 7.74. The number of amides is 1. The van der Waals surface area contributed by atoms with Gasteiger partial charge in [-0.15, -0.1) is 0 Å². The van der Waals surface area contributed by atoms with Crippen molar-refractivity contribution in [2.45, 2.75) is 37.5 Å². The highest BCUT2D eigenvalue weighted by molar-refractivity contribution is 5.91. The predicted octanol–water partition coefficient (Wildman–Crippen LogP) is 2.71. The summed E-state index contributed by atoms with van der Waals surface area (Å²) >= 11 is 0. The van der Waals surface area contributed by atoms with E-state index in [0.717, 1.165) is 42.5 Å². The molecule has 1 aromatic heterocycles. The van der Waals surface area contributed by atoms with E-state index in [1.54, 1.807) is 12.3 Å². The van der Waals surface area contributed by atoms with Crippen LogP contribution in [0.2, 0.25) is 0 Å². The van der Waals surface area contributed by atoms with Gasteiger partial charge in [0.05, 0.1) is 24.7 Å². The summed E-state index contributed by atoms with van der Waals surface area (Å²) in [5, 5.41) is 13.3. The summed E-state index contributed by atoms with van der Waals surface area (Å²) in [6.45, 7) is 1.68. The first kappa shape index (κ1) is 19.5. The Morgan fingerprint density at radius 3 is 2.86 bits per heavy atom. The molecular weight excluding hydrogens is 376 g/mol. The van der Waals surface area contributed by atoms with Gasteiger partial charge in [-0.05, 0) is 37.1 Å². The van der Waals surface area contributed by atoms with Gasteiger partial charge in [-0.3, -0.25) is 14.7 Å². The molecule has 4 rings (SSSR count). The number of rotatable bonds is 4. The van der Waals surface area contributed by atoms with Gasteiger partial charge in [-0.1, -0.05) is 0 Å². The van der Waals surface area contributed by atoms with Crippen LogP contribution >= 0.6 is 0 Å². The van der Waals surface area contributed by atoms with E-state index in [1.165, 1.54) is 17.0 Å². The Morgan fingerprint density at radius 1 is 1.31 bits per heavy atom. The fourth-order valence-corrected chi connectivity index (χ4v) is 4.16. The van der Waals surface area contributed by atoms with Crippen LogP contribution in [0, 0.1) is 17.1 Å². The number of aromatic nitrogens is 1. The molecule has 2 aliphatic rings. The number of halogens is 2. The van der Waals surface area contributed by atoms with E-state index in [-0.39, 0.29) is 37.3 Å². The Kier molecular flexibility index (Phi) is 5.58. The van der Waals surface area contributed by atoms with Crippen LogP contribution in [0.4, 0.5) is 14.5 Å². The molecule has 1 unspecified atom stereocenters. The largest absolute Gasteiger partial charge is 0.382 e. The molecule has 1 aromatic carbocycles. The monoisotopic (exact) mass is 399 g/mol. The van der Waals surface area contributed by atoms with Crippen LogP contribution in [0.3, 0.4) is 0 Å². The van der Waals surface area contributed by atoms with Crippen LogP contribution in [0.5, 0.6) is 0 Å². The number of benzene rings is 1. The number of nitrogens with one attached hydrogen (secondary N) is 1. The lowest BCUT2D eigenvalue weighted by molar-refractivity contribution is -0.132. The first-order valence-electron chi connectivity index (χ1n) is 9.90. The van der Waals surface area contributed by atoms with Crippen molar-refractivity contribution < 1.29 is 13.6 Å². The molecule has 2 saturated heterocycles. The van der Waals surface area contributed by atoms with Gasteiger partial charge in [-0.2, -0.15) is 5.26 Å². The highest BCUT2D eigenvalue weighted by atomic mass is 19.1. The van der Waals surface area contributed by atoms with E-state index < -0.39 is 12.2 Å². The zero-order chi connectivity index (χ0) is 20.4. The zero-order valence-electron chi connectivity index (χ0n) is 16.0. The molecule has 29 heavy (non-hydrogen) atoms. The number of hydrogen-bond acceptors (Lipinski definition) is 5. The van der Waals surface area contributed by atoms with Crippen LogP contribution in [0.15, 0.2) is 30.5 Å². The SMILES string of the molecule is N#CC1C[C@H](F)CN1C(=O)CN1CCC(Nc2ccnc3ccc(F)cc23)CC1. The van der Waals surface area contributed by atoms with Gasteiger partial charge in [0, 0.05) is 42.8 Å². The number of likely N-dealkylation sites (tertiary alicyclic amines) is 2. The van der Waals surface area contributed by atoms with Gasteiger partial charge in [0.25, 0.3) is 0 Å². The van der Waals surface area contributed by atoms with Gasteiger partial charge in [-0.25, -0.2) is 8.78 Å². The lowest BCUT2D eigenvalue weighted by Gasteiger charge is -2.33. The van der Waals surface area contributed by atoms with E-state index in [9.17, 15) is 13.6 Å². The summed E-state index contributed by atoms with van der Waals surface area (Å²) in [7, 11) is 0. The lowest BCUT2D eigenvalue weighted by atomic mass is 10.0. The standard InChI is InChI=1S/C21H23F2N5O/c22-14-1-2-19-18(10-14)20(3-6-25-19)26-16-4-7-27(8-5-16)13-21(29)28-12-15(23)9-17(28)11-24/h1-3,6,10,15-17H,4-5,7-9,12-13H2,(H,25,26)/t15-,17?/m0/s1. The summed E-state index contributed by atoms with van der Waals surface area (Å²) in [5.41, 5.74) is 1.59. The average Bonchev–Trinajstić information content (AvgIpc) is 3.11. The zero-order valence-corrected chi connectivity index (χ0v) is 16.0. The van der Waals surface area contributed by atoms with Crippen molar-refractivity contribution in [2.24, 2.45) is 0 Å². The first-order valence-corrected chi connectivity index (χ1v) is 9.90. The minimum absolute atomic E-state index is 0.0146. The Hall–Kier alpha value is -2.79. The van der Waals surface area contributed by atoms with Gasteiger partial charge in [0.1, 0.15) is 18.0 Å². The predicted molar refractivity (Wildman–Crippen MR) is 105 cm³/mol. The van der Waals surface area contributed by atoms with E-state index in [2.05, 4.69) is 10.3 Å². The number of nitrogens with zero attached hydrogens (tertiary/aromatic N) is 4. The van der Waals surface area contributed by atoms with E-state index in [0.29, 0.717) is 0 Å². The van der Waals surface area contributed by atoms with E-state index in [1.807, 2.05) is 17.0 Å². The van der Waals surface area contributed by atoms with Crippen molar-refractivity contribution in [2.75, 3.05) is 31.5 Å². The maximum atomic E-state index is 13.6. The van der Waals surface area contributed by atoms with Crippen molar-refractivity contribution >= 4 is 22.5 Å². The number of anilines is 1. The summed E-state index contributed by atoms with van der Waals surface area (Å²) in [4.78, 5) is 20.2. The summed E-state index contributed by atoms with van der Waals surface area (Å²) < 4.78 is 27.2. The quantitative estimate of drug-likeness (QED) is 0.856. The topological polar surface area (TPSA) is 72.3 Å². The highest BCUT2D eigenvalue weighted by Crippen LogP contribution is 2.25.